The van der Waals surface area contributed by atoms with E-state index in [1.807, 2.05) is 26.0 Å². The van der Waals surface area contributed by atoms with Gasteiger partial charge in [-0.25, -0.2) is 0 Å². The molecule has 0 spiro atoms. The molecule has 1 aromatic heterocycles. The molecule has 1 aliphatic rings. The number of hydrogen-bond donors (Lipinski definition) is 1. The number of hydrogen-bond acceptors (Lipinski definition) is 5. The number of benzene rings is 2. The van der Waals surface area contributed by atoms with Gasteiger partial charge in [0.15, 0.2) is 0 Å². The predicted octanol–water partition coefficient (Wildman–Crippen LogP) is 5.31. The van der Waals surface area contributed by atoms with Gasteiger partial charge in [-0.2, -0.15) is 0 Å². The van der Waals surface area contributed by atoms with Crippen LogP contribution in [0.1, 0.15) is 54.2 Å². The van der Waals surface area contributed by atoms with Crippen LogP contribution in [0.3, 0.4) is 0 Å². The van der Waals surface area contributed by atoms with Gasteiger partial charge < -0.3 is 10.2 Å². The third-order valence-electron chi connectivity index (χ3n) is 6.28. The molecule has 1 N–H and O–H groups in total. The Morgan fingerprint density at radius 2 is 1.94 bits per heavy atom. The van der Waals surface area contributed by atoms with Crippen molar-refractivity contribution in [3.63, 3.8) is 0 Å². The van der Waals surface area contributed by atoms with Crippen molar-refractivity contribution in [2.75, 3.05) is 18.0 Å². The minimum absolute atomic E-state index is 0.0304. The van der Waals surface area contributed by atoms with Crippen LogP contribution in [0.2, 0.25) is 0 Å². The summed E-state index contributed by atoms with van der Waals surface area (Å²) in [6.07, 6.45) is 4.47. The smallest absolute Gasteiger partial charge is 0.278 e. The summed E-state index contributed by atoms with van der Waals surface area (Å²) in [5, 5.41) is 14.8. The summed E-state index contributed by atoms with van der Waals surface area (Å²) in [4.78, 5) is 30.9. The van der Waals surface area contributed by atoms with Crippen LogP contribution in [0.15, 0.2) is 60.8 Å². The zero-order chi connectivity index (χ0) is 23.4. The number of aryl methyl sites for hydroxylation is 1. The highest BCUT2D eigenvalue weighted by atomic mass is 16.6. The van der Waals surface area contributed by atoms with Crippen molar-refractivity contribution in [2.24, 2.45) is 0 Å². The van der Waals surface area contributed by atoms with Crippen molar-refractivity contribution < 1.29 is 9.72 Å². The molecule has 0 saturated carbocycles. The molecule has 1 unspecified atom stereocenters. The van der Waals surface area contributed by atoms with Crippen molar-refractivity contribution in [3.05, 3.63) is 87.6 Å². The Hall–Kier alpha value is -3.74. The SMILES string of the molecule is CCN(CC)c1ccc([N+](=O)[O-])c(-c2cc(C(=O)NC3CCCc4ccccc43)ccn2)c1. The zero-order valence-corrected chi connectivity index (χ0v) is 19.0. The maximum absolute atomic E-state index is 13.1. The molecule has 170 valence electrons. The summed E-state index contributed by atoms with van der Waals surface area (Å²) in [6, 6.07) is 16.5. The van der Waals surface area contributed by atoms with Crippen molar-refractivity contribution in [3.8, 4) is 11.3 Å². The molecule has 0 bridgehead atoms. The lowest BCUT2D eigenvalue weighted by molar-refractivity contribution is -0.384. The quantitative estimate of drug-likeness (QED) is 0.394. The van der Waals surface area contributed by atoms with Crippen LogP contribution >= 0.6 is 0 Å². The first-order chi connectivity index (χ1) is 16.0. The third-order valence-corrected chi connectivity index (χ3v) is 6.28. The molecule has 7 heteroatoms. The highest BCUT2D eigenvalue weighted by molar-refractivity contribution is 5.95. The molecule has 2 aromatic carbocycles. The molecule has 3 aromatic rings. The molecule has 4 rings (SSSR count). The maximum atomic E-state index is 13.1. The van der Waals surface area contributed by atoms with Crippen LogP contribution < -0.4 is 10.2 Å². The number of nitro benzene ring substituents is 1. The fourth-order valence-corrected chi connectivity index (χ4v) is 4.54. The Kier molecular flexibility index (Phi) is 6.68. The molecule has 1 atom stereocenters. The highest BCUT2D eigenvalue weighted by Crippen LogP contribution is 2.33. The lowest BCUT2D eigenvalue weighted by Crippen LogP contribution is -2.31. The Morgan fingerprint density at radius 3 is 2.70 bits per heavy atom. The molecule has 0 fully saturated rings. The fraction of sp³-hybridized carbons (Fsp3) is 0.308. The van der Waals surface area contributed by atoms with E-state index >= 15 is 0 Å². The number of rotatable bonds is 7. The average molecular weight is 445 g/mol. The van der Waals surface area contributed by atoms with Crippen LogP contribution in [0, 0.1) is 10.1 Å². The van der Waals surface area contributed by atoms with Crippen LogP contribution in [0.5, 0.6) is 0 Å². The second-order valence-electron chi connectivity index (χ2n) is 8.18. The van der Waals surface area contributed by atoms with E-state index in [-0.39, 0.29) is 17.6 Å². The molecule has 1 amide bonds. The van der Waals surface area contributed by atoms with E-state index in [1.54, 1.807) is 24.3 Å². The summed E-state index contributed by atoms with van der Waals surface area (Å²) in [5.74, 6) is -0.206. The summed E-state index contributed by atoms with van der Waals surface area (Å²) in [7, 11) is 0. The molecule has 33 heavy (non-hydrogen) atoms. The molecule has 7 nitrogen and oxygen atoms in total. The second-order valence-corrected chi connectivity index (χ2v) is 8.18. The summed E-state index contributed by atoms with van der Waals surface area (Å²) in [6.45, 7) is 5.65. The number of carbonyl (C=O) groups is 1. The van der Waals surface area contributed by atoms with Gasteiger partial charge in [0.1, 0.15) is 0 Å². The predicted molar refractivity (Wildman–Crippen MR) is 129 cm³/mol. The van der Waals surface area contributed by atoms with E-state index in [0.717, 1.165) is 43.6 Å². The molecule has 0 radical (unpaired) electrons. The van der Waals surface area contributed by atoms with Gasteiger partial charge in [-0.1, -0.05) is 24.3 Å². The highest BCUT2D eigenvalue weighted by Gasteiger charge is 2.23. The standard InChI is InChI=1S/C26H28N4O3/c1-3-29(4-2)20-12-13-25(30(32)33)22(17-20)24-16-19(14-15-27-24)26(31)28-23-11-7-9-18-8-5-6-10-21(18)23/h5-6,8,10,12-17,23H,3-4,7,9,11H2,1-2H3,(H,28,31). The van der Waals surface area contributed by atoms with Gasteiger partial charge in [0, 0.05) is 36.6 Å². The van der Waals surface area contributed by atoms with Crippen LogP contribution in [-0.4, -0.2) is 28.9 Å². The second kappa shape index (κ2) is 9.81. The lowest BCUT2D eigenvalue weighted by atomic mass is 9.87. The molecular weight excluding hydrogens is 416 g/mol. The van der Waals surface area contributed by atoms with Crippen LogP contribution in [0.4, 0.5) is 11.4 Å². The van der Waals surface area contributed by atoms with Gasteiger partial charge in [-0.15, -0.1) is 0 Å². The summed E-state index contributed by atoms with van der Waals surface area (Å²) in [5.41, 5.74) is 4.54. The average Bonchev–Trinajstić information content (AvgIpc) is 2.85. The number of aromatic nitrogens is 1. The number of pyridine rings is 1. The van der Waals surface area contributed by atoms with Crippen molar-refractivity contribution >= 4 is 17.3 Å². The van der Waals surface area contributed by atoms with Gasteiger partial charge in [0.2, 0.25) is 0 Å². The Bertz CT molecular complexity index is 1170. The first kappa shape index (κ1) is 22.5. The molecule has 1 heterocycles. The Morgan fingerprint density at radius 1 is 1.15 bits per heavy atom. The van der Waals surface area contributed by atoms with E-state index in [2.05, 4.69) is 27.3 Å². The number of carbonyl (C=O) groups excluding carboxylic acids is 1. The van der Waals surface area contributed by atoms with E-state index in [0.29, 0.717) is 16.8 Å². The number of nitrogens with one attached hydrogen (secondary N) is 1. The van der Waals surface area contributed by atoms with Crippen molar-refractivity contribution in [1.29, 1.82) is 0 Å². The zero-order valence-electron chi connectivity index (χ0n) is 19.0. The lowest BCUT2D eigenvalue weighted by Gasteiger charge is -2.26. The number of nitrogens with zero attached hydrogens (tertiary/aromatic N) is 3. The third kappa shape index (κ3) is 4.72. The van der Waals surface area contributed by atoms with E-state index in [9.17, 15) is 14.9 Å². The molecule has 1 aliphatic carbocycles. The van der Waals surface area contributed by atoms with E-state index in [4.69, 9.17) is 0 Å². The van der Waals surface area contributed by atoms with Crippen LogP contribution in [-0.2, 0) is 6.42 Å². The Labute approximate surface area is 193 Å². The van der Waals surface area contributed by atoms with Crippen molar-refractivity contribution in [1.82, 2.24) is 10.3 Å². The number of anilines is 1. The minimum Gasteiger partial charge on any atom is -0.372 e. The number of nitro groups is 1. The Balaban J connectivity index is 1.65. The van der Waals surface area contributed by atoms with Gasteiger partial charge in [0.05, 0.1) is 22.2 Å². The van der Waals surface area contributed by atoms with E-state index in [1.165, 1.54) is 17.8 Å². The van der Waals surface area contributed by atoms with Gasteiger partial charge in [0.25, 0.3) is 11.6 Å². The van der Waals surface area contributed by atoms with Crippen LogP contribution in [0.25, 0.3) is 11.3 Å². The maximum Gasteiger partial charge on any atom is 0.278 e. The number of amides is 1. The fourth-order valence-electron chi connectivity index (χ4n) is 4.54. The molecular formula is C26H28N4O3. The van der Waals surface area contributed by atoms with Gasteiger partial charge in [-0.3, -0.25) is 19.9 Å². The molecule has 0 aliphatic heterocycles. The number of fused-ring (bicyclic) bond motifs is 1. The normalized spacial score (nSPS) is 14.9. The monoisotopic (exact) mass is 444 g/mol. The van der Waals surface area contributed by atoms with Gasteiger partial charge in [-0.05, 0) is 68.5 Å². The minimum atomic E-state index is -0.408. The van der Waals surface area contributed by atoms with E-state index < -0.39 is 4.92 Å². The molecule has 0 saturated heterocycles. The first-order valence-electron chi connectivity index (χ1n) is 11.4. The topological polar surface area (TPSA) is 88.4 Å². The van der Waals surface area contributed by atoms with Crippen molar-refractivity contribution in [2.45, 2.75) is 39.2 Å². The first-order valence-corrected chi connectivity index (χ1v) is 11.4. The van der Waals surface area contributed by atoms with Gasteiger partial charge >= 0.3 is 0 Å². The summed E-state index contributed by atoms with van der Waals surface area (Å²) < 4.78 is 0. The largest absolute Gasteiger partial charge is 0.372 e. The summed E-state index contributed by atoms with van der Waals surface area (Å²) >= 11 is 0.